The summed E-state index contributed by atoms with van der Waals surface area (Å²) in [6.45, 7) is 7.23. The molecule has 0 bridgehead atoms. The van der Waals surface area contributed by atoms with E-state index in [2.05, 4.69) is 11.3 Å². The van der Waals surface area contributed by atoms with Gasteiger partial charge in [-0.2, -0.15) is 0 Å². The summed E-state index contributed by atoms with van der Waals surface area (Å²) in [6, 6.07) is 4.65. The van der Waals surface area contributed by atoms with Crippen LogP contribution in [-0.4, -0.2) is 24.5 Å². The second kappa shape index (κ2) is 7.99. The lowest BCUT2D eigenvalue weighted by atomic mass is 10.0. The van der Waals surface area contributed by atoms with Crippen molar-refractivity contribution < 1.29 is 23.9 Å². The zero-order valence-electron chi connectivity index (χ0n) is 12.2. The van der Waals surface area contributed by atoms with Crippen molar-refractivity contribution in [3.05, 3.63) is 47.5 Å². The lowest BCUT2D eigenvalue weighted by Crippen LogP contribution is -2.16. The van der Waals surface area contributed by atoms with Crippen molar-refractivity contribution in [1.29, 1.82) is 0 Å². The molecule has 0 heterocycles. The Balaban J connectivity index is 2.98. The Bertz CT molecular complexity index is 560. The predicted molar refractivity (Wildman–Crippen MR) is 77.0 cm³/mol. The van der Waals surface area contributed by atoms with Crippen LogP contribution in [-0.2, 0) is 14.3 Å². The van der Waals surface area contributed by atoms with E-state index in [1.54, 1.807) is 13.0 Å². The highest BCUT2D eigenvalue weighted by Crippen LogP contribution is 2.15. The Morgan fingerprint density at radius 1 is 1.19 bits per heavy atom. The van der Waals surface area contributed by atoms with Gasteiger partial charge in [0.25, 0.3) is 0 Å². The number of carbonyl (C=O) groups excluding carboxylic acids is 3. The van der Waals surface area contributed by atoms with E-state index in [0.29, 0.717) is 0 Å². The highest BCUT2D eigenvalue weighted by atomic mass is 16.6. The Morgan fingerprint density at radius 3 is 2.52 bits per heavy atom. The first-order valence-electron chi connectivity index (χ1n) is 6.66. The smallest absolute Gasteiger partial charge is 0.346 e. The lowest BCUT2D eigenvalue weighted by molar-refractivity contribution is -0.132. The molecule has 0 aromatic heterocycles. The highest BCUT2D eigenvalue weighted by Gasteiger charge is 2.21. The number of hydrogen-bond donors (Lipinski definition) is 0. The van der Waals surface area contributed by atoms with Crippen LogP contribution in [0.5, 0.6) is 0 Å². The second-order valence-electron chi connectivity index (χ2n) is 4.45. The van der Waals surface area contributed by atoms with Crippen molar-refractivity contribution in [3.8, 4) is 0 Å². The molecule has 21 heavy (non-hydrogen) atoms. The summed E-state index contributed by atoms with van der Waals surface area (Å²) >= 11 is 0. The number of esters is 3. The summed E-state index contributed by atoms with van der Waals surface area (Å²) in [5, 5.41) is 0. The fraction of sp³-hybridized carbons (Fsp3) is 0.312. The van der Waals surface area contributed by atoms with E-state index in [1.807, 2.05) is 6.92 Å². The van der Waals surface area contributed by atoms with Crippen molar-refractivity contribution in [3.63, 3.8) is 0 Å². The second-order valence-corrected chi connectivity index (χ2v) is 4.45. The van der Waals surface area contributed by atoms with Gasteiger partial charge in [-0.3, -0.25) is 0 Å². The molecule has 0 N–H and O–H groups in total. The highest BCUT2D eigenvalue weighted by molar-refractivity contribution is 6.07. The molecule has 0 aliphatic carbocycles. The molecule has 1 aromatic rings. The maximum absolute atomic E-state index is 12.0. The Hall–Kier alpha value is -2.43. The molecule has 5 nitrogen and oxygen atoms in total. The van der Waals surface area contributed by atoms with Crippen molar-refractivity contribution >= 4 is 17.9 Å². The first-order valence-corrected chi connectivity index (χ1v) is 6.66. The average Bonchev–Trinajstić information content (AvgIpc) is 2.47. The van der Waals surface area contributed by atoms with E-state index in [9.17, 15) is 14.4 Å². The molecule has 0 aliphatic heterocycles. The Morgan fingerprint density at radius 2 is 1.90 bits per heavy atom. The van der Waals surface area contributed by atoms with Gasteiger partial charge in [0.05, 0.1) is 17.7 Å². The van der Waals surface area contributed by atoms with Gasteiger partial charge >= 0.3 is 17.9 Å². The summed E-state index contributed by atoms with van der Waals surface area (Å²) in [5.74, 6) is -2.38. The fourth-order valence-electron chi connectivity index (χ4n) is 1.58. The molecule has 0 saturated heterocycles. The summed E-state index contributed by atoms with van der Waals surface area (Å²) in [6.07, 6.45) is 2.52. The monoisotopic (exact) mass is 290 g/mol. The SMILES string of the molecule is C=CC(=O)OC(=O)c1cc(C)ccc1C(=O)OCCCC. The van der Waals surface area contributed by atoms with E-state index in [4.69, 9.17) is 4.74 Å². The fourth-order valence-corrected chi connectivity index (χ4v) is 1.58. The number of rotatable bonds is 6. The number of unbranched alkanes of at least 4 members (excludes halogenated alkanes) is 1. The largest absolute Gasteiger partial charge is 0.462 e. The van der Waals surface area contributed by atoms with Crippen molar-refractivity contribution in [2.75, 3.05) is 6.61 Å². The van der Waals surface area contributed by atoms with Crippen LogP contribution < -0.4 is 0 Å². The van der Waals surface area contributed by atoms with E-state index in [-0.39, 0.29) is 17.7 Å². The number of ether oxygens (including phenoxy) is 2. The van der Waals surface area contributed by atoms with Crippen LogP contribution in [0.15, 0.2) is 30.9 Å². The lowest BCUT2D eigenvalue weighted by Gasteiger charge is -2.09. The van der Waals surface area contributed by atoms with Gasteiger partial charge in [-0.25, -0.2) is 14.4 Å². The minimum atomic E-state index is -0.897. The van der Waals surface area contributed by atoms with Gasteiger partial charge in [0.15, 0.2) is 0 Å². The quantitative estimate of drug-likeness (QED) is 0.349. The normalized spacial score (nSPS) is 9.81. The standard InChI is InChI=1S/C16H18O5/c1-4-6-9-20-15(18)12-8-7-11(3)10-13(12)16(19)21-14(17)5-2/h5,7-8,10H,2,4,6,9H2,1,3H3. The molecule has 0 saturated carbocycles. The van der Waals surface area contributed by atoms with Crippen LogP contribution in [0.25, 0.3) is 0 Å². The number of benzene rings is 1. The summed E-state index contributed by atoms with van der Waals surface area (Å²) < 4.78 is 9.63. The van der Waals surface area contributed by atoms with Crippen LogP contribution in [0.2, 0.25) is 0 Å². The number of aryl methyl sites for hydroxylation is 1. The number of carbonyl (C=O) groups is 3. The van der Waals surface area contributed by atoms with Crippen LogP contribution in [0.4, 0.5) is 0 Å². The average molecular weight is 290 g/mol. The zero-order valence-corrected chi connectivity index (χ0v) is 12.2. The molecule has 5 heteroatoms. The first-order chi connectivity index (χ1) is 9.99. The third-order valence-electron chi connectivity index (χ3n) is 2.71. The summed E-state index contributed by atoms with van der Waals surface area (Å²) in [5.41, 5.74) is 0.850. The van der Waals surface area contributed by atoms with Crippen molar-refractivity contribution in [1.82, 2.24) is 0 Å². The molecular formula is C16H18O5. The van der Waals surface area contributed by atoms with Crippen LogP contribution in [0, 0.1) is 6.92 Å². The van der Waals surface area contributed by atoms with E-state index < -0.39 is 17.9 Å². The summed E-state index contributed by atoms with van der Waals surface area (Å²) in [7, 11) is 0. The zero-order chi connectivity index (χ0) is 15.8. The maximum Gasteiger partial charge on any atom is 0.346 e. The third kappa shape index (κ3) is 4.87. The Kier molecular flexibility index (Phi) is 6.33. The molecule has 1 aromatic carbocycles. The van der Waals surface area contributed by atoms with Crippen molar-refractivity contribution in [2.45, 2.75) is 26.7 Å². The van der Waals surface area contributed by atoms with Gasteiger partial charge in [0.1, 0.15) is 0 Å². The first kappa shape index (κ1) is 16.6. The molecule has 112 valence electrons. The molecular weight excluding hydrogens is 272 g/mol. The van der Waals surface area contributed by atoms with Crippen LogP contribution in [0.3, 0.4) is 0 Å². The topological polar surface area (TPSA) is 69.7 Å². The van der Waals surface area contributed by atoms with Gasteiger partial charge in [-0.1, -0.05) is 31.6 Å². The Labute approximate surface area is 123 Å². The molecule has 0 amide bonds. The van der Waals surface area contributed by atoms with Crippen LogP contribution >= 0.6 is 0 Å². The van der Waals surface area contributed by atoms with Gasteiger partial charge in [0, 0.05) is 6.08 Å². The molecule has 0 aliphatic rings. The molecule has 0 unspecified atom stereocenters. The predicted octanol–water partition coefficient (Wildman–Crippen LogP) is 2.82. The van der Waals surface area contributed by atoms with E-state index in [0.717, 1.165) is 24.5 Å². The van der Waals surface area contributed by atoms with Gasteiger partial charge < -0.3 is 9.47 Å². The van der Waals surface area contributed by atoms with Crippen molar-refractivity contribution in [2.24, 2.45) is 0 Å². The molecule has 0 atom stereocenters. The minimum absolute atomic E-state index is 0.00620. The van der Waals surface area contributed by atoms with Gasteiger partial charge in [-0.15, -0.1) is 0 Å². The van der Waals surface area contributed by atoms with E-state index >= 15 is 0 Å². The van der Waals surface area contributed by atoms with Gasteiger partial charge in [0.2, 0.25) is 0 Å². The molecule has 0 radical (unpaired) electrons. The molecule has 1 rings (SSSR count). The molecule has 0 spiro atoms. The minimum Gasteiger partial charge on any atom is -0.462 e. The third-order valence-corrected chi connectivity index (χ3v) is 2.71. The summed E-state index contributed by atoms with van der Waals surface area (Å²) in [4.78, 5) is 35.0. The van der Waals surface area contributed by atoms with E-state index in [1.165, 1.54) is 12.1 Å². The van der Waals surface area contributed by atoms with Gasteiger partial charge in [-0.05, 0) is 25.5 Å². The number of hydrogen-bond acceptors (Lipinski definition) is 5. The van der Waals surface area contributed by atoms with Crippen LogP contribution in [0.1, 0.15) is 46.0 Å². The molecule has 0 fully saturated rings. The maximum atomic E-state index is 12.0.